The van der Waals surface area contributed by atoms with Crippen LogP contribution in [0.3, 0.4) is 0 Å². The normalized spacial score (nSPS) is 11.2. The van der Waals surface area contributed by atoms with Gasteiger partial charge >= 0.3 is 0 Å². The van der Waals surface area contributed by atoms with Crippen molar-refractivity contribution >= 4 is 23.2 Å². The van der Waals surface area contributed by atoms with Gasteiger partial charge in [-0.2, -0.15) is 0 Å². The maximum absolute atomic E-state index is 5.72. The van der Waals surface area contributed by atoms with Crippen LogP contribution in [-0.4, -0.2) is 13.0 Å². The van der Waals surface area contributed by atoms with Gasteiger partial charge in [-0.1, -0.05) is 11.6 Å². The number of nitrogens with one attached hydrogen (secondary N) is 2. The Hall–Kier alpha value is -1.26. The highest BCUT2D eigenvalue weighted by Crippen LogP contribution is 2.12. The van der Waals surface area contributed by atoms with E-state index in [1.165, 1.54) is 0 Å². The number of anilines is 1. The number of guanidine groups is 1. The van der Waals surface area contributed by atoms with Crippen molar-refractivity contribution in [1.82, 2.24) is 5.43 Å². The van der Waals surface area contributed by atoms with E-state index in [9.17, 15) is 0 Å². The summed E-state index contributed by atoms with van der Waals surface area (Å²) in [6.45, 7) is 0. The Kier molecular flexibility index (Phi) is 3.54. The number of nitrogens with zero attached hydrogens (tertiary/aromatic N) is 1. The second-order valence-electron chi connectivity index (χ2n) is 2.35. The second-order valence-corrected chi connectivity index (χ2v) is 2.78. The molecular weight excluding hydrogens is 188 g/mol. The molecule has 1 aromatic carbocycles. The fraction of sp³-hybridized carbons (Fsp3) is 0.125. The number of aliphatic imine (C=N–C) groups is 1. The van der Waals surface area contributed by atoms with Gasteiger partial charge in [0.25, 0.3) is 0 Å². The van der Waals surface area contributed by atoms with E-state index in [1.54, 1.807) is 19.2 Å². The van der Waals surface area contributed by atoms with Crippen molar-refractivity contribution in [3.8, 4) is 0 Å². The number of nitrogens with two attached hydrogens (primary N) is 1. The summed E-state index contributed by atoms with van der Waals surface area (Å²) in [5, 5.41) is 3.66. The van der Waals surface area contributed by atoms with Gasteiger partial charge in [-0.25, -0.2) is 5.84 Å². The zero-order valence-electron chi connectivity index (χ0n) is 7.21. The molecule has 0 amide bonds. The zero-order valence-corrected chi connectivity index (χ0v) is 7.97. The van der Waals surface area contributed by atoms with Crippen molar-refractivity contribution in [2.24, 2.45) is 10.8 Å². The largest absolute Gasteiger partial charge is 0.325 e. The quantitative estimate of drug-likeness (QED) is 0.275. The van der Waals surface area contributed by atoms with Crippen molar-refractivity contribution in [3.05, 3.63) is 29.3 Å². The molecule has 13 heavy (non-hydrogen) atoms. The molecule has 0 unspecified atom stereocenters. The Morgan fingerprint density at radius 1 is 1.38 bits per heavy atom. The highest BCUT2D eigenvalue weighted by molar-refractivity contribution is 6.30. The lowest BCUT2D eigenvalue weighted by Gasteiger charge is -2.07. The first kappa shape index (κ1) is 9.83. The molecular formula is C8H11ClN4. The summed E-state index contributed by atoms with van der Waals surface area (Å²) in [7, 11) is 1.64. The van der Waals surface area contributed by atoms with E-state index in [2.05, 4.69) is 15.7 Å². The summed E-state index contributed by atoms with van der Waals surface area (Å²) in [6.07, 6.45) is 0. The average Bonchev–Trinajstić information content (AvgIpc) is 2.17. The summed E-state index contributed by atoms with van der Waals surface area (Å²) in [4.78, 5) is 3.86. The topological polar surface area (TPSA) is 62.4 Å². The van der Waals surface area contributed by atoms with E-state index in [-0.39, 0.29) is 0 Å². The van der Waals surface area contributed by atoms with Gasteiger partial charge < -0.3 is 5.32 Å². The van der Waals surface area contributed by atoms with Crippen LogP contribution in [-0.2, 0) is 0 Å². The lowest BCUT2D eigenvalue weighted by atomic mass is 10.3. The summed E-state index contributed by atoms with van der Waals surface area (Å²) in [5.41, 5.74) is 3.30. The molecule has 0 heterocycles. The predicted molar refractivity (Wildman–Crippen MR) is 55.8 cm³/mol. The lowest BCUT2D eigenvalue weighted by molar-refractivity contribution is 1.01. The lowest BCUT2D eigenvalue weighted by Crippen LogP contribution is -2.35. The smallest absolute Gasteiger partial charge is 0.209 e. The Morgan fingerprint density at radius 3 is 2.46 bits per heavy atom. The maximum atomic E-state index is 5.72. The van der Waals surface area contributed by atoms with Crippen LogP contribution in [0.1, 0.15) is 0 Å². The molecule has 0 atom stereocenters. The SMILES string of the molecule is CN=C(NN)Nc1ccc(Cl)cc1. The minimum Gasteiger partial charge on any atom is -0.325 e. The van der Waals surface area contributed by atoms with Gasteiger partial charge in [0.15, 0.2) is 0 Å². The molecule has 0 fully saturated rings. The summed E-state index contributed by atoms with van der Waals surface area (Å²) in [6, 6.07) is 7.25. The van der Waals surface area contributed by atoms with Crippen molar-refractivity contribution in [3.63, 3.8) is 0 Å². The maximum Gasteiger partial charge on any atom is 0.209 e. The number of benzene rings is 1. The van der Waals surface area contributed by atoms with E-state index in [1.807, 2.05) is 12.1 Å². The number of rotatable bonds is 1. The van der Waals surface area contributed by atoms with Gasteiger partial charge in [-0.05, 0) is 24.3 Å². The van der Waals surface area contributed by atoms with E-state index in [0.29, 0.717) is 11.0 Å². The molecule has 0 radical (unpaired) electrons. The molecule has 0 aliphatic rings. The van der Waals surface area contributed by atoms with Crippen LogP contribution in [0.5, 0.6) is 0 Å². The van der Waals surface area contributed by atoms with E-state index in [4.69, 9.17) is 17.4 Å². The molecule has 4 N–H and O–H groups in total. The van der Waals surface area contributed by atoms with Crippen LogP contribution >= 0.6 is 11.6 Å². The van der Waals surface area contributed by atoms with Gasteiger partial charge in [0, 0.05) is 17.8 Å². The highest BCUT2D eigenvalue weighted by atomic mass is 35.5. The van der Waals surface area contributed by atoms with E-state index >= 15 is 0 Å². The Morgan fingerprint density at radius 2 is 2.00 bits per heavy atom. The van der Waals surface area contributed by atoms with Crippen LogP contribution < -0.4 is 16.6 Å². The Balaban J connectivity index is 2.69. The first-order valence-corrected chi connectivity index (χ1v) is 4.10. The molecule has 1 rings (SSSR count). The van der Waals surface area contributed by atoms with E-state index < -0.39 is 0 Å². The third kappa shape index (κ3) is 2.93. The van der Waals surface area contributed by atoms with Gasteiger partial charge in [0.05, 0.1) is 0 Å². The number of hydrazine groups is 1. The third-order valence-electron chi connectivity index (χ3n) is 1.47. The van der Waals surface area contributed by atoms with Crippen LogP contribution in [0.15, 0.2) is 29.3 Å². The van der Waals surface area contributed by atoms with Crippen LogP contribution in [0.25, 0.3) is 0 Å². The molecule has 0 spiro atoms. The molecule has 0 bridgehead atoms. The molecule has 0 saturated heterocycles. The van der Waals surface area contributed by atoms with Gasteiger partial charge in [-0.15, -0.1) is 0 Å². The summed E-state index contributed by atoms with van der Waals surface area (Å²) < 4.78 is 0. The number of halogens is 1. The molecule has 70 valence electrons. The monoisotopic (exact) mass is 198 g/mol. The van der Waals surface area contributed by atoms with Crippen molar-refractivity contribution in [2.75, 3.05) is 12.4 Å². The van der Waals surface area contributed by atoms with Gasteiger partial charge in [-0.3, -0.25) is 10.4 Å². The molecule has 4 nitrogen and oxygen atoms in total. The van der Waals surface area contributed by atoms with Crippen molar-refractivity contribution in [1.29, 1.82) is 0 Å². The van der Waals surface area contributed by atoms with Gasteiger partial charge in [0.1, 0.15) is 0 Å². The second kappa shape index (κ2) is 4.69. The minimum atomic E-state index is 0.502. The van der Waals surface area contributed by atoms with Gasteiger partial charge in [0.2, 0.25) is 5.96 Å². The fourth-order valence-corrected chi connectivity index (χ4v) is 0.952. The van der Waals surface area contributed by atoms with Crippen molar-refractivity contribution in [2.45, 2.75) is 0 Å². The van der Waals surface area contributed by atoms with Crippen LogP contribution in [0, 0.1) is 0 Å². The van der Waals surface area contributed by atoms with E-state index in [0.717, 1.165) is 5.69 Å². The Labute approximate surface area is 81.8 Å². The fourth-order valence-electron chi connectivity index (χ4n) is 0.826. The summed E-state index contributed by atoms with van der Waals surface area (Å²) in [5.74, 6) is 5.69. The molecule has 0 aliphatic heterocycles. The first-order valence-electron chi connectivity index (χ1n) is 3.72. The predicted octanol–water partition coefficient (Wildman–Crippen LogP) is 1.20. The summed E-state index contributed by atoms with van der Waals surface area (Å²) >= 11 is 5.72. The molecule has 5 heteroatoms. The number of hydrogen-bond acceptors (Lipinski definition) is 2. The third-order valence-corrected chi connectivity index (χ3v) is 1.72. The van der Waals surface area contributed by atoms with Crippen molar-refractivity contribution < 1.29 is 0 Å². The average molecular weight is 199 g/mol. The Bertz CT molecular complexity index is 294. The molecule has 0 aromatic heterocycles. The molecule has 0 saturated carbocycles. The van der Waals surface area contributed by atoms with Crippen LogP contribution in [0.2, 0.25) is 5.02 Å². The standard InChI is InChI=1S/C8H11ClN4/c1-11-8(13-10)12-7-4-2-6(9)3-5-7/h2-5H,10H2,1H3,(H2,11,12,13). The highest BCUT2D eigenvalue weighted by Gasteiger charge is 1.95. The van der Waals surface area contributed by atoms with Crippen LogP contribution in [0.4, 0.5) is 5.69 Å². The minimum absolute atomic E-state index is 0.502. The first-order chi connectivity index (χ1) is 6.26. The molecule has 0 aliphatic carbocycles. The molecule has 1 aromatic rings. The number of hydrogen-bond donors (Lipinski definition) is 3. The zero-order chi connectivity index (χ0) is 9.68.